The van der Waals surface area contributed by atoms with Crippen molar-refractivity contribution in [1.82, 2.24) is 15.3 Å². The largest absolute Gasteiger partial charge is 0.395 e. The molecule has 1 fully saturated rings. The van der Waals surface area contributed by atoms with Crippen LogP contribution in [0.1, 0.15) is 43.4 Å². The number of nitrogens with zero attached hydrogens (tertiary/aromatic N) is 3. The van der Waals surface area contributed by atoms with Crippen LogP contribution in [0.15, 0.2) is 6.33 Å². The number of rotatable bonds is 5. The fourth-order valence-electron chi connectivity index (χ4n) is 3.54. The van der Waals surface area contributed by atoms with Gasteiger partial charge in [-0.05, 0) is 45.1 Å². The van der Waals surface area contributed by atoms with Gasteiger partial charge in [0.05, 0.1) is 6.61 Å². The molecule has 3 rings (SSSR count). The zero-order valence-electron chi connectivity index (χ0n) is 12.7. The molecule has 0 saturated carbocycles. The molecule has 0 aromatic carbocycles. The van der Waals surface area contributed by atoms with E-state index in [1.807, 2.05) is 0 Å². The summed E-state index contributed by atoms with van der Waals surface area (Å²) >= 11 is 0. The van der Waals surface area contributed by atoms with Gasteiger partial charge in [0.2, 0.25) is 0 Å². The van der Waals surface area contributed by atoms with Crippen LogP contribution in [0.5, 0.6) is 0 Å². The summed E-state index contributed by atoms with van der Waals surface area (Å²) in [6.45, 7) is 2.87. The summed E-state index contributed by atoms with van der Waals surface area (Å²) in [6, 6.07) is 0.521. The van der Waals surface area contributed by atoms with Crippen LogP contribution in [-0.2, 0) is 12.8 Å². The zero-order valence-corrected chi connectivity index (χ0v) is 12.7. The molecule has 2 heterocycles. The average Bonchev–Trinajstić information content (AvgIpc) is 2.89. The number of fused-ring (bicyclic) bond motifs is 1. The first-order valence-electron chi connectivity index (χ1n) is 8.30. The molecule has 0 radical (unpaired) electrons. The Labute approximate surface area is 126 Å². The molecule has 1 unspecified atom stereocenters. The van der Waals surface area contributed by atoms with E-state index < -0.39 is 0 Å². The predicted molar refractivity (Wildman–Crippen MR) is 83.6 cm³/mol. The summed E-state index contributed by atoms with van der Waals surface area (Å²) < 4.78 is 0. The summed E-state index contributed by atoms with van der Waals surface area (Å²) in [7, 11) is 0. The normalized spacial score (nSPS) is 21.9. The number of anilines is 1. The van der Waals surface area contributed by atoms with E-state index in [9.17, 15) is 5.11 Å². The number of hydrogen-bond acceptors (Lipinski definition) is 5. The Bertz CT molecular complexity index is 460. The first-order valence-corrected chi connectivity index (χ1v) is 8.30. The standard InChI is InChI=1S/C16H26N4O/c21-10-9-20(11-13-5-4-8-17-13)16-14-6-2-1-3-7-15(14)18-12-19-16/h12-13,17,21H,1-11H2. The number of nitrogens with one attached hydrogen (secondary N) is 1. The third kappa shape index (κ3) is 3.52. The number of aliphatic hydroxyl groups excluding tert-OH is 1. The highest BCUT2D eigenvalue weighted by atomic mass is 16.3. The molecule has 1 atom stereocenters. The van der Waals surface area contributed by atoms with Gasteiger partial charge >= 0.3 is 0 Å². The number of hydrogen-bond donors (Lipinski definition) is 2. The maximum Gasteiger partial charge on any atom is 0.135 e. The van der Waals surface area contributed by atoms with E-state index in [2.05, 4.69) is 20.2 Å². The third-order valence-electron chi connectivity index (χ3n) is 4.62. The Morgan fingerprint density at radius 2 is 2.10 bits per heavy atom. The highest BCUT2D eigenvalue weighted by Crippen LogP contribution is 2.27. The van der Waals surface area contributed by atoms with E-state index in [0.717, 1.165) is 31.7 Å². The summed E-state index contributed by atoms with van der Waals surface area (Å²) in [6.07, 6.45) is 10.0. The van der Waals surface area contributed by atoms with Gasteiger partial charge in [0.1, 0.15) is 12.1 Å². The third-order valence-corrected chi connectivity index (χ3v) is 4.62. The Balaban J connectivity index is 1.83. The number of aliphatic hydroxyl groups is 1. The van der Waals surface area contributed by atoms with Gasteiger partial charge in [0, 0.05) is 30.4 Å². The molecule has 0 amide bonds. The smallest absolute Gasteiger partial charge is 0.135 e. The van der Waals surface area contributed by atoms with Crippen LogP contribution in [0.2, 0.25) is 0 Å². The van der Waals surface area contributed by atoms with Gasteiger partial charge in [-0.25, -0.2) is 9.97 Å². The first kappa shape index (κ1) is 14.7. The van der Waals surface area contributed by atoms with Crippen LogP contribution in [0.3, 0.4) is 0 Å². The molecule has 5 heteroatoms. The monoisotopic (exact) mass is 290 g/mol. The van der Waals surface area contributed by atoms with E-state index in [-0.39, 0.29) is 6.61 Å². The van der Waals surface area contributed by atoms with Crippen molar-refractivity contribution in [3.05, 3.63) is 17.6 Å². The van der Waals surface area contributed by atoms with Crippen LogP contribution in [0.4, 0.5) is 5.82 Å². The van der Waals surface area contributed by atoms with Crippen molar-refractivity contribution >= 4 is 5.82 Å². The minimum absolute atomic E-state index is 0.172. The Kier molecular flexibility index (Phi) is 5.04. The predicted octanol–water partition coefficient (Wildman–Crippen LogP) is 1.30. The number of aromatic nitrogens is 2. The van der Waals surface area contributed by atoms with Gasteiger partial charge in [0.25, 0.3) is 0 Å². The van der Waals surface area contributed by atoms with Crippen LogP contribution in [0.25, 0.3) is 0 Å². The van der Waals surface area contributed by atoms with Gasteiger partial charge in [-0.3, -0.25) is 0 Å². The first-order chi connectivity index (χ1) is 10.4. The van der Waals surface area contributed by atoms with Crippen molar-refractivity contribution in [2.45, 2.75) is 51.0 Å². The lowest BCUT2D eigenvalue weighted by molar-refractivity contribution is 0.300. The van der Waals surface area contributed by atoms with Gasteiger partial charge in [-0.1, -0.05) is 6.42 Å². The summed E-state index contributed by atoms with van der Waals surface area (Å²) in [5, 5.41) is 13.0. The second kappa shape index (κ2) is 7.18. The molecular formula is C16H26N4O. The highest BCUT2D eigenvalue weighted by molar-refractivity contribution is 5.49. The molecular weight excluding hydrogens is 264 g/mol. The molecule has 2 N–H and O–H groups in total. The fraction of sp³-hybridized carbons (Fsp3) is 0.750. The molecule has 1 aromatic rings. The van der Waals surface area contributed by atoms with Gasteiger partial charge < -0.3 is 15.3 Å². The second-order valence-electron chi connectivity index (χ2n) is 6.15. The molecule has 2 aliphatic rings. The molecule has 5 nitrogen and oxygen atoms in total. The summed E-state index contributed by atoms with van der Waals surface area (Å²) in [5.41, 5.74) is 2.54. The van der Waals surface area contributed by atoms with Crippen LogP contribution in [-0.4, -0.2) is 47.4 Å². The lowest BCUT2D eigenvalue weighted by atomic mass is 10.1. The van der Waals surface area contributed by atoms with Gasteiger partial charge in [-0.15, -0.1) is 0 Å². The van der Waals surface area contributed by atoms with E-state index in [0.29, 0.717) is 12.6 Å². The molecule has 1 aromatic heterocycles. The van der Waals surface area contributed by atoms with Crippen molar-refractivity contribution in [2.75, 3.05) is 31.1 Å². The van der Waals surface area contributed by atoms with Crippen molar-refractivity contribution < 1.29 is 5.11 Å². The maximum absolute atomic E-state index is 9.43. The Morgan fingerprint density at radius 1 is 1.19 bits per heavy atom. The molecule has 0 spiro atoms. The molecule has 21 heavy (non-hydrogen) atoms. The van der Waals surface area contributed by atoms with Gasteiger partial charge in [-0.2, -0.15) is 0 Å². The lowest BCUT2D eigenvalue weighted by Crippen LogP contribution is -2.40. The quantitative estimate of drug-likeness (QED) is 0.800. The minimum atomic E-state index is 0.172. The molecule has 1 aliphatic carbocycles. The van der Waals surface area contributed by atoms with Crippen molar-refractivity contribution in [1.29, 1.82) is 0 Å². The molecule has 1 aliphatic heterocycles. The van der Waals surface area contributed by atoms with Crippen molar-refractivity contribution in [2.24, 2.45) is 0 Å². The topological polar surface area (TPSA) is 61.3 Å². The zero-order chi connectivity index (χ0) is 14.5. The number of aryl methyl sites for hydroxylation is 1. The van der Waals surface area contributed by atoms with Gasteiger partial charge in [0.15, 0.2) is 0 Å². The summed E-state index contributed by atoms with van der Waals surface area (Å²) in [4.78, 5) is 11.3. The Morgan fingerprint density at radius 3 is 2.90 bits per heavy atom. The van der Waals surface area contributed by atoms with Crippen molar-refractivity contribution in [3.63, 3.8) is 0 Å². The van der Waals surface area contributed by atoms with E-state index in [1.54, 1.807) is 6.33 Å². The maximum atomic E-state index is 9.43. The second-order valence-corrected chi connectivity index (χ2v) is 6.15. The Hall–Kier alpha value is -1.20. The minimum Gasteiger partial charge on any atom is -0.395 e. The fourth-order valence-corrected chi connectivity index (χ4v) is 3.54. The van der Waals surface area contributed by atoms with Crippen LogP contribution < -0.4 is 10.2 Å². The van der Waals surface area contributed by atoms with Crippen molar-refractivity contribution in [3.8, 4) is 0 Å². The SMILES string of the molecule is OCCN(CC1CCCN1)c1ncnc2c1CCCCC2. The van der Waals surface area contributed by atoms with E-state index in [1.165, 1.54) is 43.4 Å². The van der Waals surface area contributed by atoms with E-state index in [4.69, 9.17) is 0 Å². The van der Waals surface area contributed by atoms with Crippen LogP contribution in [0, 0.1) is 0 Å². The average molecular weight is 290 g/mol. The highest BCUT2D eigenvalue weighted by Gasteiger charge is 2.22. The lowest BCUT2D eigenvalue weighted by Gasteiger charge is -2.28. The summed E-state index contributed by atoms with van der Waals surface area (Å²) in [5.74, 6) is 1.06. The molecule has 1 saturated heterocycles. The molecule has 116 valence electrons. The molecule has 0 bridgehead atoms. The van der Waals surface area contributed by atoms with Crippen LogP contribution >= 0.6 is 0 Å². The van der Waals surface area contributed by atoms with E-state index >= 15 is 0 Å².